The Balaban J connectivity index is 2.16. The third kappa shape index (κ3) is 3.57. The molecule has 1 N–H and O–H groups in total. The number of benzene rings is 1. The van der Waals surface area contributed by atoms with Crippen molar-refractivity contribution in [3.63, 3.8) is 0 Å². The Morgan fingerprint density at radius 2 is 2.21 bits per heavy atom. The molecule has 19 heavy (non-hydrogen) atoms. The molecule has 3 heteroatoms. The van der Waals surface area contributed by atoms with Gasteiger partial charge in [-0.1, -0.05) is 32.3 Å². The average molecular weight is 328 g/mol. The van der Waals surface area contributed by atoms with Gasteiger partial charge in [0.15, 0.2) is 0 Å². The summed E-state index contributed by atoms with van der Waals surface area (Å²) in [5.41, 5.74) is 1.19. The molecule has 1 aromatic rings. The number of hydrogen-bond donors (Lipinski definition) is 1. The molecule has 0 bridgehead atoms. The lowest BCUT2D eigenvalue weighted by Crippen LogP contribution is -2.29. The molecule has 0 amide bonds. The molecule has 1 aliphatic rings. The van der Waals surface area contributed by atoms with Crippen LogP contribution in [-0.2, 0) is 0 Å². The van der Waals surface area contributed by atoms with Crippen LogP contribution >= 0.6 is 15.9 Å². The Morgan fingerprint density at radius 1 is 1.42 bits per heavy atom. The fourth-order valence-electron chi connectivity index (χ4n) is 3.39. The standard InChI is InChI=1S/C16H23BrFN/c1-3-11-5-4-6-12(9-11)16(19-2)13-7-8-15(18)14(17)10-13/h7-8,10-12,16,19H,3-6,9H2,1-2H3. The van der Waals surface area contributed by atoms with Crippen molar-refractivity contribution in [1.82, 2.24) is 5.32 Å². The Hall–Kier alpha value is -0.410. The smallest absolute Gasteiger partial charge is 0.137 e. The minimum absolute atomic E-state index is 0.186. The second-order valence-corrected chi connectivity index (χ2v) is 6.50. The van der Waals surface area contributed by atoms with Crippen molar-refractivity contribution in [1.29, 1.82) is 0 Å². The second-order valence-electron chi connectivity index (χ2n) is 5.64. The van der Waals surface area contributed by atoms with Crippen LogP contribution in [0, 0.1) is 17.7 Å². The molecule has 1 nitrogen and oxygen atoms in total. The normalized spacial score (nSPS) is 25.3. The van der Waals surface area contributed by atoms with Gasteiger partial charge in [0.1, 0.15) is 5.82 Å². The zero-order valence-corrected chi connectivity index (χ0v) is 13.3. The second kappa shape index (κ2) is 6.85. The summed E-state index contributed by atoms with van der Waals surface area (Å²) in [5.74, 6) is 1.34. The van der Waals surface area contributed by atoms with Crippen molar-refractivity contribution >= 4 is 15.9 Å². The van der Waals surface area contributed by atoms with Gasteiger partial charge < -0.3 is 5.32 Å². The fraction of sp³-hybridized carbons (Fsp3) is 0.625. The maximum Gasteiger partial charge on any atom is 0.137 e. The van der Waals surface area contributed by atoms with Crippen LogP contribution in [-0.4, -0.2) is 7.05 Å². The maximum atomic E-state index is 13.4. The SMILES string of the molecule is CCC1CCCC(C(NC)c2ccc(F)c(Br)c2)C1. The molecule has 0 radical (unpaired) electrons. The van der Waals surface area contributed by atoms with Crippen LogP contribution in [0.25, 0.3) is 0 Å². The van der Waals surface area contributed by atoms with Crippen molar-refractivity contribution in [2.24, 2.45) is 11.8 Å². The highest BCUT2D eigenvalue weighted by Crippen LogP contribution is 2.38. The van der Waals surface area contributed by atoms with Crippen LogP contribution < -0.4 is 5.32 Å². The van der Waals surface area contributed by atoms with Gasteiger partial charge in [0.05, 0.1) is 4.47 Å². The van der Waals surface area contributed by atoms with Gasteiger partial charge in [0.25, 0.3) is 0 Å². The first-order chi connectivity index (χ1) is 9.15. The van der Waals surface area contributed by atoms with Crippen LogP contribution in [0.15, 0.2) is 22.7 Å². The van der Waals surface area contributed by atoms with Crippen molar-refractivity contribution in [2.45, 2.75) is 45.1 Å². The molecule has 0 spiro atoms. The van der Waals surface area contributed by atoms with Gasteiger partial charge >= 0.3 is 0 Å². The first-order valence-electron chi connectivity index (χ1n) is 7.28. The first kappa shape index (κ1) is 15.0. The summed E-state index contributed by atoms with van der Waals surface area (Å²) in [6.45, 7) is 2.29. The van der Waals surface area contributed by atoms with E-state index >= 15 is 0 Å². The Labute approximate surface area is 124 Å². The third-order valence-corrected chi connectivity index (χ3v) is 5.09. The van der Waals surface area contributed by atoms with Crippen LogP contribution in [0.5, 0.6) is 0 Å². The minimum Gasteiger partial charge on any atom is -0.313 e. The highest BCUT2D eigenvalue weighted by molar-refractivity contribution is 9.10. The molecule has 1 aromatic carbocycles. The monoisotopic (exact) mass is 327 g/mol. The van der Waals surface area contributed by atoms with Gasteiger partial charge in [-0.05, 0) is 65.4 Å². The van der Waals surface area contributed by atoms with Gasteiger partial charge in [-0.3, -0.25) is 0 Å². The molecule has 0 heterocycles. The third-order valence-electron chi connectivity index (χ3n) is 4.49. The van der Waals surface area contributed by atoms with Gasteiger partial charge in [0.2, 0.25) is 0 Å². The Bertz CT molecular complexity index is 421. The highest BCUT2D eigenvalue weighted by Gasteiger charge is 2.28. The van der Waals surface area contributed by atoms with Crippen LogP contribution in [0.4, 0.5) is 4.39 Å². The van der Waals surface area contributed by atoms with E-state index in [4.69, 9.17) is 0 Å². The predicted octanol–water partition coefficient (Wildman–Crippen LogP) is 5.07. The molecule has 0 aromatic heterocycles. The highest BCUT2D eigenvalue weighted by atomic mass is 79.9. The molecule has 3 atom stereocenters. The topological polar surface area (TPSA) is 12.0 Å². The lowest BCUT2D eigenvalue weighted by molar-refractivity contribution is 0.214. The maximum absolute atomic E-state index is 13.4. The van der Waals surface area contributed by atoms with E-state index in [0.29, 0.717) is 16.4 Å². The Morgan fingerprint density at radius 3 is 2.84 bits per heavy atom. The predicted molar refractivity (Wildman–Crippen MR) is 81.6 cm³/mol. The molecule has 0 aliphatic heterocycles. The van der Waals surface area contributed by atoms with Gasteiger partial charge in [-0.25, -0.2) is 4.39 Å². The molecular formula is C16H23BrFN. The van der Waals surface area contributed by atoms with Gasteiger partial charge in [-0.15, -0.1) is 0 Å². The molecular weight excluding hydrogens is 305 g/mol. The molecule has 3 unspecified atom stereocenters. The van der Waals surface area contributed by atoms with E-state index in [0.717, 1.165) is 5.92 Å². The van der Waals surface area contributed by atoms with Gasteiger partial charge in [-0.2, -0.15) is 0 Å². The Kier molecular flexibility index (Phi) is 5.40. The summed E-state index contributed by atoms with van der Waals surface area (Å²) in [5, 5.41) is 3.44. The van der Waals surface area contributed by atoms with E-state index in [9.17, 15) is 4.39 Å². The molecule has 2 rings (SSSR count). The number of nitrogens with one attached hydrogen (secondary N) is 1. The summed E-state index contributed by atoms with van der Waals surface area (Å²) in [6, 6.07) is 5.73. The lowest BCUT2D eigenvalue weighted by Gasteiger charge is -2.34. The molecule has 106 valence electrons. The van der Waals surface area contributed by atoms with Crippen molar-refractivity contribution < 1.29 is 4.39 Å². The number of hydrogen-bond acceptors (Lipinski definition) is 1. The summed E-state index contributed by atoms with van der Waals surface area (Å²) in [6.07, 6.45) is 6.54. The quantitative estimate of drug-likeness (QED) is 0.814. The zero-order valence-electron chi connectivity index (χ0n) is 11.8. The van der Waals surface area contributed by atoms with E-state index in [1.807, 2.05) is 19.2 Å². The van der Waals surface area contributed by atoms with Crippen LogP contribution in [0.1, 0.15) is 50.6 Å². The molecule has 1 saturated carbocycles. The lowest BCUT2D eigenvalue weighted by atomic mass is 9.75. The van der Waals surface area contributed by atoms with Crippen molar-refractivity contribution in [3.05, 3.63) is 34.1 Å². The van der Waals surface area contributed by atoms with E-state index in [1.54, 1.807) is 6.07 Å². The average Bonchev–Trinajstić information content (AvgIpc) is 2.44. The number of halogens is 2. The largest absolute Gasteiger partial charge is 0.313 e. The van der Waals surface area contributed by atoms with E-state index in [2.05, 4.69) is 28.2 Å². The van der Waals surface area contributed by atoms with Crippen LogP contribution in [0.2, 0.25) is 0 Å². The van der Waals surface area contributed by atoms with E-state index in [1.165, 1.54) is 37.7 Å². The summed E-state index contributed by atoms with van der Waals surface area (Å²) >= 11 is 3.29. The number of rotatable bonds is 4. The van der Waals surface area contributed by atoms with Crippen molar-refractivity contribution in [2.75, 3.05) is 7.05 Å². The molecule has 1 fully saturated rings. The van der Waals surface area contributed by atoms with Gasteiger partial charge in [0, 0.05) is 6.04 Å². The molecule has 1 aliphatic carbocycles. The van der Waals surface area contributed by atoms with E-state index < -0.39 is 0 Å². The first-order valence-corrected chi connectivity index (χ1v) is 8.07. The molecule has 0 saturated heterocycles. The summed E-state index contributed by atoms with van der Waals surface area (Å²) < 4.78 is 13.9. The van der Waals surface area contributed by atoms with E-state index in [-0.39, 0.29) is 5.82 Å². The van der Waals surface area contributed by atoms with Crippen molar-refractivity contribution in [3.8, 4) is 0 Å². The minimum atomic E-state index is -0.186. The fourth-order valence-corrected chi connectivity index (χ4v) is 3.78. The summed E-state index contributed by atoms with van der Waals surface area (Å²) in [4.78, 5) is 0. The van der Waals surface area contributed by atoms with Crippen LogP contribution in [0.3, 0.4) is 0 Å². The zero-order chi connectivity index (χ0) is 13.8. The summed E-state index contributed by atoms with van der Waals surface area (Å²) in [7, 11) is 2.01.